The van der Waals surface area contributed by atoms with Gasteiger partial charge in [0.25, 0.3) is 0 Å². The normalized spacial score (nSPS) is 13.6. The number of rotatable bonds is 4. The topological polar surface area (TPSA) is 20.2 Å². The summed E-state index contributed by atoms with van der Waals surface area (Å²) in [7, 11) is 0. The number of allylic oxidation sites excluding steroid dienone is 4. The van der Waals surface area contributed by atoms with Gasteiger partial charge in [-0.25, -0.2) is 0 Å². The van der Waals surface area contributed by atoms with Crippen molar-refractivity contribution in [3.05, 3.63) is 138 Å². The maximum atomic E-state index is 12.5. The lowest BCUT2D eigenvalue weighted by Crippen LogP contribution is -2.30. The van der Waals surface area contributed by atoms with E-state index in [9.17, 15) is 5.11 Å². The van der Waals surface area contributed by atoms with Crippen LogP contribution in [0.4, 0.5) is 0 Å². The van der Waals surface area contributed by atoms with Crippen LogP contribution in [0, 0.1) is 0 Å². The predicted octanol–water partition coefficient (Wildman–Crippen LogP) is 6.47. The van der Waals surface area contributed by atoms with Crippen molar-refractivity contribution < 1.29 is 5.11 Å². The lowest BCUT2D eigenvalue weighted by Gasteiger charge is -2.33. The Hall–Kier alpha value is -3.42. The van der Waals surface area contributed by atoms with Gasteiger partial charge < -0.3 is 5.11 Å². The third-order valence-electron chi connectivity index (χ3n) is 5.79. The Kier molecular flexibility index (Phi) is 4.38. The van der Waals surface area contributed by atoms with Gasteiger partial charge in [0.05, 0.1) is 0 Å². The van der Waals surface area contributed by atoms with E-state index in [1.54, 1.807) is 0 Å². The number of hydrogen-bond donors (Lipinski definition) is 1. The zero-order chi connectivity index (χ0) is 19.7. The third-order valence-corrected chi connectivity index (χ3v) is 5.79. The van der Waals surface area contributed by atoms with E-state index in [1.807, 2.05) is 72.8 Å². The number of fused-ring (bicyclic) bond motifs is 1. The van der Waals surface area contributed by atoms with Crippen molar-refractivity contribution >= 4 is 16.3 Å². The Morgan fingerprint density at radius 2 is 1.28 bits per heavy atom. The molecular weight excluding hydrogens is 352 g/mol. The number of aliphatic hydroxyl groups is 1. The molecule has 140 valence electrons. The summed E-state index contributed by atoms with van der Waals surface area (Å²) in [6, 6.07) is 32.6. The van der Waals surface area contributed by atoms with Crippen molar-refractivity contribution in [3.63, 3.8) is 0 Å². The molecule has 0 radical (unpaired) electrons. The van der Waals surface area contributed by atoms with Gasteiger partial charge in [0, 0.05) is 5.56 Å². The molecule has 5 rings (SSSR count). The fraction of sp³-hybridized carbons (Fsp3) is 0.0714. The van der Waals surface area contributed by atoms with Gasteiger partial charge in [-0.15, -0.1) is 0 Å². The smallest absolute Gasteiger partial charge is 0.141 e. The van der Waals surface area contributed by atoms with Crippen LogP contribution in [0.25, 0.3) is 16.3 Å². The lowest BCUT2D eigenvalue weighted by molar-refractivity contribution is 0.127. The first kappa shape index (κ1) is 17.7. The van der Waals surface area contributed by atoms with Crippen molar-refractivity contribution in [1.29, 1.82) is 0 Å². The molecule has 0 atom stereocenters. The summed E-state index contributed by atoms with van der Waals surface area (Å²) < 4.78 is 0. The fourth-order valence-electron chi connectivity index (χ4n) is 4.39. The summed E-state index contributed by atoms with van der Waals surface area (Å²) in [5.74, 6) is 0. The average Bonchev–Trinajstić information content (AvgIpc) is 3.34. The molecule has 0 saturated carbocycles. The monoisotopic (exact) mass is 374 g/mol. The third kappa shape index (κ3) is 2.91. The molecule has 0 aliphatic heterocycles. The van der Waals surface area contributed by atoms with Crippen LogP contribution in [0.15, 0.2) is 115 Å². The molecule has 1 heteroatoms. The van der Waals surface area contributed by atoms with Crippen molar-refractivity contribution in [1.82, 2.24) is 0 Å². The highest BCUT2D eigenvalue weighted by atomic mass is 16.3. The molecular formula is C28H22O. The average molecular weight is 374 g/mol. The van der Waals surface area contributed by atoms with Gasteiger partial charge >= 0.3 is 0 Å². The lowest BCUT2D eigenvalue weighted by atomic mass is 9.75. The first-order chi connectivity index (χ1) is 14.3. The molecule has 0 fully saturated rings. The van der Waals surface area contributed by atoms with E-state index in [2.05, 4.69) is 42.5 Å². The largest absolute Gasteiger partial charge is 0.376 e. The maximum absolute atomic E-state index is 12.5. The van der Waals surface area contributed by atoms with Crippen LogP contribution in [0.5, 0.6) is 0 Å². The standard InChI is InChI=1S/C28H22O/c29-28(23-14-3-1-4-15-23,24-16-5-2-6-17-24)27-25-18-10-9-13-22(25)19-20-26(27)21-11-7-8-12-21/h1-11,13-20,29H,12H2. The summed E-state index contributed by atoms with van der Waals surface area (Å²) >= 11 is 0. The van der Waals surface area contributed by atoms with E-state index < -0.39 is 5.60 Å². The van der Waals surface area contributed by atoms with E-state index in [4.69, 9.17) is 0 Å². The molecule has 1 aliphatic carbocycles. The molecule has 29 heavy (non-hydrogen) atoms. The van der Waals surface area contributed by atoms with Crippen LogP contribution in [-0.4, -0.2) is 5.11 Å². The Morgan fingerprint density at radius 1 is 0.655 bits per heavy atom. The molecule has 4 aromatic rings. The number of hydrogen-bond acceptors (Lipinski definition) is 1. The van der Waals surface area contributed by atoms with E-state index >= 15 is 0 Å². The predicted molar refractivity (Wildman–Crippen MR) is 121 cm³/mol. The van der Waals surface area contributed by atoms with Crippen LogP contribution in [-0.2, 0) is 5.60 Å². The van der Waals surface area contributed by atoms with Crippen molar-refractivity contribution in [2.75, 3.05) is 0 Å². The Labute approximate surface area is 171 Å². The summed E-state index contributed by atoms with van der Waals surface area (Å²) in [6.07, 6.45) is 7.30. The molecule has 0 bridgehead atoms. The highest BCUT2D eigenvalue weighted by Crippen LogP contribution is 2.44. The Morgan fingerprint density at radius 3 is 1.90 bits per heavy atom. The van der Waals surface area contributed by atoms with E-state index in [0.717, 1.165) is 39.4 Å². The summed E-state index contributed by atoms with van der Waals surface area (Å²) in [4.78, 5) is 0. The van der Waals surface area contributed by atoms with Gasteiger partial charge in [0.15, 0.2) is 0 Å². The molecule has 1 aliphatic rings. The zero-order valence-corrected chi connectivity index (χ0v) is 16.1. The van der Waals surface area contributed by atoms with Crippen molar-refractivity contribution in [3.8, 4) is 0 Å². The minimum atomic E-state index is -1.26. The minimum absolute atomic E-state index is 0.871. The van der Waals surface area contributed by atoms with Crippen molar-refractivity contribution in [2.45, 2.75) is 12.0 Å². The molecule has 0 saturated heterocycles. The SMILES string of the molecule is OC(c1ccccc1)(c1ccccc1)c1c(C2=CC=CC2)ccc2ccccc12. The second kappa shape index (κ2) is 7.20. The zero-order valence-electron chi connectivity index (χ0n) is 16.1. The minimum Gasteiger partial charge on any atom is -0.376 e. The van der Waals surface area contributed by atoms with E-state index in [0.29, 0.717) is 0 Å². The molecule has 1 nitrogen and oxygen atoms in total. The first-order valence-corrected chi connectivity index (χ1v) is 10.0. The highest BCUT2D eigenvalue weighted by Gasteiger charge is 2.37. The van der Waals surface area contributed by atoms with Crippen molar-refractivity contribution in [2.24, 2.45) is 0 Å². The quantitative estimate of drug-likeness (QED) is 0.406. The summed E-state index contributed by atoms with van der Waals surface area (Å²) in [5.41, 5.74) is 3.76. The molecule has 1 N–H and O–H groups in total. The van der Waals surface area contributed by atoms with E-state index in [-0.39, 0.29) is 0 Å². The fourth-order valence-corrected chi connectivity index (χ4v) is 4.39. The van der Waals surface area contributed by atoms with Crippen LogP contribution >= 0.6 is 0 Å². The van der Waals surface area contributed by atoms with E-state index in [1.165, 1.54) is 5.57 Å². The first-order valence-electron chi connectivity index (χ1n) is 10.0. The molecule has 0 spiro atoms. The van der Waals surface area contributed by atoms with Gasteiger partial charge in [0.1, 0.15) is 5.60 Å². The summed E-state index contributed by atoms with van der Waals surface area (Å²) in [5, 5.41) is 14.7. The summed E-state index contributed by atoms with van der Waals surface area (Å²) in [6.45, 7) is 0. The van der Waals surface area contributed by atoms with Crippen LogP contribution in [0.1, 0.15) is 28.7 Å². The van der Waals surface area contributed by atoms with Crippen LogP contribution in [0.3, 0.4) is 0 Å². The molecule has 4 aromatic carbocycles. The Bertz CT molecular complexity index is 1180. The Balaban J connectivity index is 1.91. The van der Waals surface area contributed by atoms with Crippen LogP contribution < -0.4 is 0 Å². The van der Waals surface area contributed by atoms with Gasteiger partial charge in [-0.05, 0) is 39.5 Å². The van der Waals surface area contributed by atoms with Gasteiger partial charge in [-0.1, -0.05) is 115 Å². The maximum Gasteiger partial charge on any atom is 0.141 e. The second-order valence-electron chi connectivity index (χ2n) is 7.48. The van der Waals surface area contributed by atoms with Gasteiger partial charge in [0.2, 0.25) is 0 Å². The molecule has 0 heterocycles. The number of benzene rings is 4. The molecule has 0 unspecified atom stereocenters. The van der Waals surface area contributed by atoms with Gasteiger partial charge in [-0.2, -0.15) is 0 Å². The molecule has 0 amide bonds. The second-order valence-corrected chi connectivity index (χ2v) is 7.48. The van der Waals surface area contributed by atoms with Gasteiger partial charge in [-0.3, -0.25) is 0 Å². The highest BCUT2D eigenvalue weighted by molar-refractivity contribution is 5.93. The van der Waals surface area contributed by atoms with Crippen LogP contribution in [0.2, 0.25) is 0 Å². The molecule has 0 aromatic heterocycles.